The van der Waals surface area contributed by atoms with Crippen molar-refractivity contribution < 1.29 is 0 Å². The maximum atomic E-state index is 4.61. The van der Waals surface area contributed by atoms with Gasteiger partial charge in [-0.15, -0.1) is 0 Å². The first-order valence-electron chi connectivity index (χ1n) is 17.6. The molecule has 0 spiro atoms. The van der Waals surface area contributed by atoms with E-state index in [9.17, 15) is 0 Å². The van der Waals surface area contributed by atoms with Crippen LogP contribution in [0.4, 0.5) is 11.4 Å². The van der Waals surface area contributed by atoms with Crippen LogP contribution in [0.2, 0.25) is 0 Å². The van der Waals surface area contributed by atoms with Crippen molar-refractivity contribution in [1.29, 1.82) is 0 Å². The lowest BCUT2D eigenvalue weighted by Crippen LogP contribution is -2.33. The summed E-state index contributed by atoms with van der Waals surface area (Å²) >= 11 is 0. The molecule has 0 radical (unpaired) electrons. The van der Waals surface area contributed by atoms with E-state index in [0.29, 0.717) is 6.54 Å². The summed E-state index contributed by atoms with van der Waals surface area (Å²) in [5.74, 6) is 0. The molecule has 7 aromatic carbocycles. The Morgan fingerprint density at radius 3 is 1.73 bits per heavy atom. The summed E-state index contributed by atoms with van der Waals surface area (Å²) in [6, 6.07) is 55.6. The summed E-state index contributed by atoms with van der Waals surface area (Å²) in [7, 11) is 0. The molecular weight excluding hydrogens is 619 g/mol. The number of benzene rings is 7. The minimum absolute atomic E-state index is 0.108. The van der Waals surface area contributed by atoms with E-state index in [-0.39, 0.29) is 6.04 Å². The van der Waals surface area contributed by atoms with Crippen molar-refractivity contribution in [1.82, 2.24) is 4.98 Å². The molecule has 10 rings (SSSR count). The van der Waals surface area contributed by atoms with Gasteiger partial charge in [0.2, 0.25) is 0 Å². The minimum atomic E-state index is 0.108. The largest absolute Gasteiger partial charge is 0.333 e. The van der Waals surface area contributed by atoms with Gasteiger partial charge in [0.15, 0.2) is 0 Å². The number of pyridine rings is 1. The van der Waals surface area contributed by atoms with Crippen molar-refractivity contribution in [2.24, 2.45) is 4.99 Å². The lowest BCUT2D eigenvalue weighted by molar-refractivity contribution is 0.782. The molecule has 2 aliphatic rings. The van der Waals surface area contributed by atoms with Gasteiger partial charge >= 0.3 is 0 Å². The van der Waals surface area contributed by atoms with E-state index in [2.05, 4.69) is 173 Å². The summed E-state index contributed by atoms with van der Waals surface area (Å²) < 4.78 is 0. The third kappa shape index (κ3) is 4.74. The van der Waals surface area contributed by atoms with Crippen LogP contribution < -0.4 is 4.90 Å². The Morgan fingerprint density at radius 1 is 0.471 bits per heavy atom. The lowest BCUT2D eigenvalue weighted by Gasteiger charge is -2.32. The number of hydrogen-bond acceptors (Lipinski definition) is 3. The van der Waals surface area contributed by atoms with E-state index in [0.717, 1.165) is 11.4 Å². The number of allylic oxidation sites excluding steroid dienone is 1. The molecule has 1 aliphatic carbocycles. The Morgan fingerprint density at radius 2 is 1.06 bits per heavy atom. The Hall–Kier alpha value is -6.58. The number of nitrogens with zero attached hydrogens (tertiary/aromatic N) is 3. The number of aromatic nitrogens is 1. The van der Waals surface area contributed by atoms with Gasteiger partial charge in [0.1, 0.15) is 0 Å². The first kappa shape index (κ1) is 29.3. The molecule has 240 valence electrons. The Bertz CT molecular complexity index is 2570. The second-order valence-electron chi connectivity index (χ2n) is 13.3. The van der Waals surface area contributed by atoms with Crippen LogP contribution in [0.3, 0.4) is 0 Å². The summed E-state index contributed by atoms with van der Waals surface area (Å²) in [6.45, 7) is 0.699. The van der Waals surface area contributed by atoms with Crippen LogP contribution in [-0.2, 0) is 0 Å². The van der Waals surface area contributed by atoms with E-state index in [1.807, 2.05) is 24.7 Å². The second kappa shape index (κ2) is 12.1. The van der Waals surface area contributed by atoms with Gasteiger partial charge in [-0.25, -0.2) is 0 Å². The molecule has 8 aromatic rings. The number of hydrogen-bond donors (Lipinski definition) is 0. The Kier molecular flexibility index (Phi) is 6.95. The van der Waals surface area contributed by atoms with Crippen LogP contribution in [0.15, 0.2) is 181 Å². The zero-order chi connectivity index (χ0) is 33.7. The van der Waals surface area contributed by atoms with Crippen molar-refractivity contribution in [3.05, 3.63) is 176 Å². The van der Waals surface area contributed by atoms with Gasteiger partial charge in [0.25, 0.3) is 0 Å². The Labute approximate surface area is 297 Å². The average Bonchev–Trinajstić information content (AvgIpc) is 3.53. The highest BCUT2D eigenvalue weighted by atomic mass is 15.2. The minimum Gasteiger partial charge on any atom is -0.333 e. The molecule has 3 heteroatoms. The summed E-state index contributed by atoms with van der Waals surface area (Å²) in [5, 5.41) is 5.13. The number of anilines is 2. The van der Waals surface area contributed by atoms with Gasteiger partial charge in [0, 0.05) is 30.0 Å². The number of aliphatic imine (C=N–C) groups is 1. The zero-order valence-corrected chi connectivity index (χ0v) is 27.9. The predicted molar refractivity (Wildman–Crippen MR) is 215 cm³/mol. The van der Waals surface area contributed by atoms with Crippen molar-refractivity contribution in [3.8, 4) is 55.6 Å². The van der Waals surface area contributed by atoms with Crippen molar-refractivity contribution >= 4 is 39.1 Å². The molecular formula is C48H33N3. The van der Waals surface area contributed by atoms with Crippen LogP contribution in [-0.4, -0.2) is 23.8 Å². The standard InChI is InChI=1S/C48H33N3/c1-3-12-32(13-4-1)44-40-19-7-8-20-41(40)45(33-14-5-2-6-15-33)48-43-24-23-38(39-21-10-22-42(46(39)43)47(44)48)34-16-9-17-36(30-34)51(35-25-28-49-29-26-35)37-18-11-27-50-31-37/h1-30,37H,31H2. The quantitative estimate of drug-likeness (QED) is 0.179. The van der Waals surface area contributed by atoms with E-state index in [1.165, 1.54) is 77.2 Å². The topological polar surface area (TPSA) is 28.5 Å². The monoisotopic (exact) mass is 651 g/mol. The van der Waals surface area contributed by atoms with Crippen LogP contribution >= 0.6 is 0 Å². The average molecular weight is 652 g/mol. The highest BCUT2D eigenvalue weighted by Crippen LogP contribution is 2.58. The van der Waals surface area contributed by atoms with Gasteiger partial charge < -0.3 is 4.90 Å². The molecule has 0 amide bonds. The van der Waals surface area contributed by atoms with Crippen LogP contribution in [0.25, 0.3) is 77.2 Å². The molecule has 1 unspecified atom stereocenters. The third-order valence-corrected chi connectivity index (χ3v) is 10.4. The second-order valence-corrected chi connectivity index (χ2v) is 13.3. The first-order chi connectivity index (χ1) is 25.3. The fourth-order valence-electron chi connectivity index (χ4n) is 8.36. The van der Waals surface area contributed by atoms with Gasteiger partial charge in [-0.2, -0.15) is 0 Å². The summed E-state index contributed by atoms with van der Waals surface area (Å²) in [6.07, 6.45) is 9.89. The van der Waals surface area contributed by atoms with Crippen LogP contribution in [0, 0.1) is 0 Å². The van der Waals surface area contributed by atoms with Crippen molar-refractivity contribution in [2.45, 2.75) is 6.04 Å². The van der Waals surface area contributed by atoms with E-state index >= 15 is 0 Å². The Balaban J connectivity index is 1.23. The van der Waals surface area contributed by atoms with Gasteiger partial charge in [0.05, 0.1) is 12.6 Å². The number of rotatable bonds is 6. The fourth-order valence-corrected chi connectivity index (χ4v) is 8.36. The van der Waals surface area contributed by atoms with Gasteiger partial charge in [-0.3, -0.25) is 9.98 Å². The summed E-state index contributed by atoms with van der Waals surface area (Å²) in [5.41, 5.74) is 14.9. The predicted octanol–water partition coefficient (Wildman–Crippen LogP) is 12.2. The van der Waals surface area contributed by atoms with Crippen molar-refractivity contribution in [3.63, 3.8) is 0 Å². The highest BCUT2D eigenvalue weighted by Gasteiger charge is 2.31. The molecule has 1 aliphatic heterocycles. The molecule has 3 nitrogen and oxygen atoms in total. The molecule has 51 heavy (non-hydrogen) atoms. The fraction of sp³-hybridized carbons (Fsp3) is 0.0417. The third-order valence-electron chi connectivity index (χ3n) is 10.4. The first-order valence-corrected chi connectivity index (χ1v) is 17.6. The summed E-state index contributed by atoms with van der Waals surface area (Å²) in [4.78, 5) is 11.3. The molecule has 2 heterocycles. The SMILES string of the molecule is C1=CC(N(c2ccncc2)c2cccc(-c3ccc4c5c(cccc35)-c3c-4c(-c4ccccc4)c4ccccc4c3-c3ccccc3)c2)CN=C1. The maximum Gasteiger partial charge on any atom is 0.0721 e. The number of dihydropyridines is 1. The van der Waals surface area contributed by atoms with Gasteiger partial charge in [-0.05, 0) is 108 Å². The molecule has 0 fully saturated rings. The molecule has 0 saturated heterocycles. The van der Waals surface area contributed by atoms with Crippen LogP contribution in [0.5, 0.6) is 0 Å². The number of fused-ring (bicyclic) bond motifs is 4. The van der Waals surface area contributed by atoms with Crippen molar-refractivity contribution in [2.75, 3.05) is 11.4 Å². The normalized spacial score (nSPS) is 14.2. The maximum absolute atomic E-state index is 4.61. The van der Waals surface area contributed by atoms with Crippen LogP contribution in [0.1, 0.15) is 0 Å². The molecule has 1 atom stereocenters. The van der Waals surface area contributed by atoms with E-state index < -0.39 is 0 Å². The molecule has 1 aromatic heterocycles. The highest BCUT2D eigenvalue weighted by molar-refractivity contribution is 6.28. The van der Waals surface area contributed by atoms with Gasteiger partial charge in [-0.1, -0.05) is 133 Å². The van der Waals surface area contributed by atoms with E-state index in [1.54, 1.807) is 0 Å². The lowest BCUT2D eigenvalue weighted by atomic mass is 9.82. The zero-order valence-electron chi connectivity index (χ0n) is 27.9. The smallest absolute Gasteiger partial charge is 0.0721 e. The van der Waals surface area contributed by atoms with E-state index in [4.69, 9.17) is 0 Å². The molecule has 0 bridgehead atoms. The molecule has 0 saturated carbocycles. The molecule has 0 N–H and O–H groups in total.